The third-order valence-corrected chi connectivity index (χ3v) is 6.30. The zero-order valence-electron chi connectivity index (χ0n) is 17.1. The van der Waals surface area contributed by atoms with Gasteiger partial charge in [0.05, 0.1) is 12.6 Å². The van der Waals surface area contributed by atoms with Crippen molar-refractivity contribution in [2.24, 2.45) is 4.99 Å². The summed E-state index contributed by atoms with van der Waals surface area (Å²) < 4.78 is 6.67. The molecule has 0 aliphatic carbocycles. The van der Waals surface area contributed by atoms with Crippen LogP contribution in [0.5, 0.6) is 0 Å². The summed E-state index contributed by atoms with van der Waals surface area (Å²) in [6, 6.07) is 10.3. The van der Waals surface area contributed by atoms with Crippen LogP contribution in [0.1, 0.15) is 31.8 Å². The number of thiophene rings is 1. The Morgan fingerprint density at radius 3 is 2.93 bits per heavy atom. The maximum Gasteiger partial charge on any atom is 0.410 e. The van der Waals surface area contributed by atoms with Gasteiger partial charge in [0.15, 0.2) is 5.96 Å². The van der Waals surface area contributed by atoms with Gasteiger partial charge in [-0.3, -0.25) is 4.99 Å². The van der Waals surface area contributed by atoms with E-state index in [0.29, 0.717) is 32.7 Å². The summed E-state index contributed by atoms with van der Waals surface area (Å²) >= 11 is 1.62. The highest BCUT2D eigenvalue weighted by atomic mass is 32.1. The number of aliphatic imine (C=N–C) groups is 1. The van der Waals surface area contributed by atoms with Gasteiger partial charge in [-0.1, -0.05) is 18.2 Å². The van der Waals surface area contributed by atoms with E-state index >= 15 is 0 Å². The number of aliphatic hydroxyl groups is 1. The van der Waals surface area contributed by atoms with Crippen LogP contribution in [-0.4, -0.2) is 71.3 Å². The van der Waals surface area contributed by atoms with Crippen LogP contribution in [0.3, 0.4) is 0 Å². The van der Waals surface area contributed by atoms with Gasteiger partial charge in [-0.15, -0.1) is 11.3 Å². The molecule has 2 atom stereocenters. The lowest BCUT2D eigenvalue weighted by Crippen LogP contribution is -2.57. The van der Waals surface area contributed by atoms with Crippen molar-refractivity contribution in [3.05, 3.63) is 35.2 Å². The first kappa shape index (κ1) is 20.0. The fourth-order valence-electron chi connectivity index (χ4n) is 3.68. The molecule has 1 fully saturated rings. The summed E-state index contributed by atoms with van der Waals surface area (Å²) in [5.41, 5.74) is -0.490. The van der Waals surface area contributed by atoms with Crippen LogP contribution < -0.4 is 5.32 Å². The van der Waals surface area contributed by atoms with Gasteiger partial charge in [0.2, 0.25) is 0 Å². The average molecular weight is 417 g/mol. The second kappa shape index (κ2) is 7.84. The van der Waals surface area contributed by atoms with Gasteiger partial charge >= 0.3 is 6.09 Å². The predicted octanol–water partition coefficient (Wildman–Crippen LogP) is 2.82. The molecule has 1 saturated heterocycles. The molecule has 0 spiro atoms. The minimum atomic E-state index is -0.586. The zero-order valence-corrected chi connectivity index (χ0v) is 17.9. The van der Waals surface area contributed by atoms with Crippen molar-refractivity contribution < 1.29 is 14.6 Å². The summed E-state index contributed by atoms with van der Waals surface area (Å²) in [4.78, 5) is 21.8. The predicted molar refractivity (Wildman–Crippen MR) is 115 cm³/mol. The minimum absolute atomic E-state index is 0.153. The van der Waals surface area contributed by atoms with Gasteiger partial charge in [0.1, 0.15) is 11.7 Å². The second-order valence-corrected chi connectivity index (χ2v) is 9.64. The number of guanidine groups is 1. The molecule has 1 aromatic heterocycles. The molecule has 0 bridgehead atoms. The van der Waals surface area contributed by atoms with Crippen LogP contribution in [-0.2, 0) is 4.74 Å². The number of nitrogens with one attached hydrogen (secondary N) is 1. The molecule has 4 rings (SSSR count). The van der Waals surface area contributed by atoms with E-state index in [1.165, 1.54) is 4.70 Å². The number of aliphatic hydroxyl groups excluding tert-OH is 1. The fourth-order valence-corrected chi connectivity index (χ4v) is 4.73. The largest absolute Gasteiger partial charge is 0.444 e. The summed E-state index contributed by atoms with van der Waals surface area (Å²) in [7, 11) is 0. The van der Waals surface area contributed by atoms with E-state index in [1.807, 2.05) is 39.0 Å². The number of piperazine rings is 1. The molecule has 1 aromatic carbocycles. The Bertz CT molecular complexity index is 887. The first-order valence-electron chi connectivity index (χ1n) is 9.99. The lowest BCUT2D eigenvalue weighted by Gasteiger charge is -2.39. The van der Waals surface area contributed by atoms with Crippen LogP contribution in [0.25, 0.3) is 10.1 Å². The van der Waals surface area contributed by atoms with Crippen molar-refractivity contribution in [1.82, 2.24) is 15.1 Å². The van der Waals surface area contributed by atoms with Crippen molar-refractivity contribution in [1.29, 1.82) is 0 Å². The molecule has 0 radical (unpaired) electrons. The highest BCUT2D eigenvalue weighted by molar-refractivity contribution is 7.19. The average Bonchev–Trinajstić information content (AvgIpc) is 3.28. The van der Waals surface area contributed by atoms with Crippen LogP contribution >= 0.6 is 11.3 Å². The fraction of sp³-hybridized carbons (Fsp3) is 0.524. The molecule has 2 unspecified atom stereocenters. The van der Waals surface area contributed by atoms with E-state index in [4.69, 9.17) is 4.74 Å². The van der Waals surface area contributed by atoms with Crippen LogP contribution in [0, 0.1) is 0 Å². The minimum Gasteiger partial charge on any atom is -0.444 e. The van der Waals surface area contributed by atoms with E-state index in [1.54, 1.807) is 16.2 Å². The smallest absolute Gasteiger partial charge is 0.410 e. The highest BCUT2D eigenvalue weighted by Gasteiger charge is 2.36. The quantitative estimate of drug-likeness (QED) is 0.805. The molecule has 7 nitrogen and oxygen atoms in total. The van der Waals surface area contributed by atoms with Gasteiger partial charge in [-0.05, 0) is 38.3 Å². The monoisotopic (exact) mass is 416 g/mol. The summed E-state index contributed by atoms with van der Waals surface area (Å²) in [6.07, 6.45) is -0.851. The summed E-state index contributed by atoms with van der Waals surface area (Å²) in [5, 5.41) is 15.1. The van der Waals surface area contributed by atoms with Crippen LogP contribution in [0.2, 0.25) is 0 Å². The van der Waals surface area contributed by atoms with Gasteiger partial charge in [-0.2, -0.15) is 0 Å². The van der Waals surface area contributed by atoms with Gasteiger partial charge in [0, 0.05) is 35.8 Å². The first-order valence-corrected chi connectivity index (χ1v) is 10.8. The molecule has 2 aliphatic heterocycles. The third-order valence-electron chi connectivity index (χ3n) is 5.08. The molecule has 3 heterocycles. The molecular weight excluding hydrogens is 388 g/mol. The summed E-state index contributed by atoms with van der Waals surface area (Å²) in [6.45, 7) is 8.59. The molecule has 1 amide bonds. The standard InChI is InChI=1S/C21H28N4O3S/c1-21(2,3)28-20(27)24-8-9-25-15(13-24)11-22-19(25)23-12-16(26)18-10-14-6-4-5-7-17(14)29-18/h4-7,10,15-16,26H,8-9,11-13H2,1-3H3,(H,22,23). The van der Waals surface area contributed by atoms with Gasteiger partial charge < -0.3 is 25.0 Å². The topological polar surface area (TPSA) is 77.4 Å². The van der Waals surface area contributed by atoms with E-state index in [-0.39, 0.29) is 12.1 Å². The van der Waals surface area contributed by atoms with Crippen molar-refractivity contribution >= 4 is 33.5 Å². The number of carbonyl (C=O) groups is 1. The number of rotatable bonds is 3. The number of benzene rings is 1. The van der Waals surface area contributed by atoms with E-state index in [2.05, 4.69) is 27.3 Å². The second-order valence-electron chi connectivity index (χ2n) is 8.52. The molecular formula is C21H28N4O3S. The molecule has 2 N–H and O–H groups in total. The molecule has 2 aliphatic rings. The molecule has 29 heavy (non-hydrogen) atoms. The Morgan fingerprint density at radius 1 is 1.38 bits per heavy atom. The molecule has 8 heteroatoms. The normalized spacial score (nSPS) is 20.4. The Balaban J connectivity index is 1.31. The van der Waals surface area contributed by atoms with Crippen LogP contribution in [0.15, 0.2) is 35.3 Å². The Hall–Kier alpha value is -2.32. The number of ether oxygens (including phenoxy) is 1. The van der Waals surface area contributed by atoms with Crippen molar-refractivity contribution in [3.63, 3.8) is 0 Å². The van der Waals surface area contributed by atoms with Crippen molar-refractivity contribution in [3.8, 4) is 0 Å². The Kier molecular flexibility index (Phi) is 5.40. The van der Waals surface area contributed by atoms with E-state index in [0.717, 1.165) is 16.2 Å². The lowest BCUT2D eigenvalue weighted by molar-refractivity contribution is 0.0137. The lowest BCUT2D eigenvalue weighted by atomic mass is 10.2. The maximum atomic E-state index is 12.3. The van der Waals surface area contributed by atoms with Crippen molar-refractivity contribution in [2.75, 3.05) is 32.7 Å². The third kappa shape index (κ3) is 4.48. The Morgan fingerprint density at radius 2 is 2.17 bits per heavy atom. The number of nitrogens with zero attached hydrogens (tertiary/aromatic N) is 3. The number of amides is 1. The van der Waals surface area contributed by atoms with Gasteiger partial charge in [-0.25, -0.2) is 4.79 Å². The molecule has 156 valence electrons. The Labute approximate surface area is 175 Å². The van der Waals surface area contributed by atoms with E-state index in [9.17, 15) is 9.90 Å². The number of carbonyl (C=O) groups excluding carboxylic acids is 1. The van der Waals surface area contributed by atoms with Gasteiger partial charge in [0.25, 0.3) is 0 Å². The highest BCUT2D eigenvalue weighted by Crippen LogP contribution is 2.29. The van der Waals surface area contributed by atoms with Crippen molar-refractivity contribution in [2.45, 2.75) is 38.5 Å². The first-order chi connectivity index (χ1) is 13.8. The number of hydrogen-bond donors (Lipinski definition) is 2. The summed E-state index contributed by atoms with van der Waals surface area (Å²) in [5.74, 6) is 0.805. The van der Waals surface area contributed by atoms with Crippen LogP contribution in [0.4, 0.5) is 4.79 Å². The number of hydrogen-bond acceptors (Lipinski definition) is 7. The SMILES string of the molecule is CC(C)(C)OC(=O)N1CCN2C(NCC(O)c3cc4ccccc4s3)=NCC2C1. The zero-order chi connectivity index (χ0) is 20.6. The molecule has 2 aromatic rings. The van der Waals surface area contributed by atoms with E-state index < -0.39 is 11.7 Å². The molecule has 0 saturated carbocycles. The number of fused-ring (bicyclic) bond motifs is 2. The maximum absolute atomic E-state index is 12.3.